The van der Waals surface area contributed by atoms with Crippen molar-refractivity contribution in [3.8, 4) is 11.5 Å². The van der Waals surface area contributed by atoms with Crippen LogP contribution in [0.4, 0.5) is 5.69 Å². The standard InChI is InChI=1S/C17H19N2O2PS/c1-12(2)19-17(23)18-15-10-9-14(11-16(15)22(19,3)20)21-13-7-5-4-6-8-13/h4-12H,1-3H3,(H,18,23). The first-order chi connectivity index (χ1) is 10.9. The summed E-state index contributed by atoms with van der Waals surface area (Å²) < 4.78 is 21.0. The Morgan fingerprint density at radius 3 is 2.48 bits per heavy atom. The van der Waals surface area contributed by atoms with Crippen LogP contribution in [0.5, 0.6) is 11.5 Å². The summed E-state index contributed by atoms with van der Waals surface area (Å²) in [6.07, 6.45) is 0. The molecule has 1 unspecified atom stereocenters. The predicted molar refractivity (Wildman–Crippen MR) is 99.3 cm³/mol. The Morgan fingerprint density at radius 1 is 1.13 bits per heavy atom. The van der Waals surface area contributed by atoms with Crippen LogP contribution in [0.15, 0.2) is 48.5 Å². The number of benzene rings is 2. The van der Waals surface area contributed by atoms with Gasteiger partial charge < -0.3 is 10.1 Å². The van der Waals surface area contributed by atoms with E-state index in [1.807, 2.05) is 62.4 Å². The predicted octanol–water partition coefficient (Wildman–Crippen LogP) is 4.43. The topological polar surface area (TPSA) is 41.6 Å². The summed E-state index contributed by atoms with van der Waals surface area (Å²) in [6.45, 7) is 5.73. The molecule has 120 valence electrons. The average Bonchev–Trinajstić information content (AvgIpc) is 2.48. The normalized spacial score (nSPS) is 20.2. The molecule has 2 aromatic rings. The third-order valence-electron chi connectivity index (χ3n) is 3.75. The van der Waals surface area contributed by atoms with Gasteiger partial charge in [-0.25, -0.2) is 0 Å². The molecule has 1 N–H and O–H groups in total. The maximum Gasteiger partial charge on any atom is 0.202 e. The van der Waals surface area contributed by atoms with Gasteiger partial charge in [-0.1, -0.05) is 18.2 Å². The Kier molecular flexibility index (Phi) is 4.17. The fraction of sp³-hybridized carbons (Fsp3) is 0.235. The molecule has 3 rings (SSSR count). The van der Waals surface area contributed by atoms with Crippen LogP contribution in [0.3, 0.4) is 0 Å². The number of hydrogen-bond donors (Lipinski definition) is 1. The van der Waals surface area contributed by atoms with Crippen molar-refractivity contribution in [1.82, 2.24) is 4.67 Å². The molecule has 0 spiro atoms. The van der Waals surface area contributed by atoms with Crippen LogP contribution in [0, 0.1) is 0 Å². The third kappa shape index (κ3) is 2.99. The van der Waals surface area contributed by atoms with Crippen molar-refractivity contribution in [3.05, 3.63) is 48.5 Å². The average molecular weight is 346 g/mol. The maximum absolute atomic E-state index is 13.4. The van der Waals surface area contributed by atoms with E-state index in [0.29, 0.717) is 10.9 Å². The first-order valence-corrected chi connectivity index (χ1v) is 9.97. The molecule has 0 aromatic heterocycles. The van der Waals surface area contributed by atoms with Gasteiger partial charge >= 0.3 is 0 Å². The number of hydrogen-bond acceptors (Lipinski definition) is 3. The molecule has 1 aliphatic rings. The smallest absolute Gasteiger partial charge is 0.202 e. The summed E-state index contributed by atoms with van der Waals surface area (Å²) in [4.78, 5) is 0. The summed E-state index contributed by atoms with van der Waals surface area (Å²) in [5, 5.41) is 4.42. The van der Waals surface area contributed by atoms with Gasteiger partial charge in [0.2, 0.25) is 7.29 Å². The van der Waals surface area contributed by atoms with Gasteiger partial charge in [0.25, 0.3) is 0 Å². The summed E-state index contributed by atoms with van der Waals surface area (Å²) in [7, 11) is -2.78. The molecule has 1 heterocycles. The molecule has 0 fully saturated rings. The van der Waals surface area contributed by atoms with Crippen molar-refractivity contribution in [1.29, 1.82) is 0 Å². The second-order valence-electron chi connectivity index (χ2n) is 5.84. The van der Waals surface area contributed by atoms with Crippen LogP contribution in [0.2, 0.25) is 0 Å². The summed E-state index contributed by atoms with van der Waals surface area (Å²) in [5.74, 6) is 1.41. The lowest BCUT2D eigenvalue weighted by molar-refractivity contribution is 0.477. The Morgan fingerprint density at radius 2 is 1.83 bits per heavy atom. The number of nitrogens with one attached hydrogen (secondary N) is 1. The van der Waals surface area contributed by atoms with Gasteiger partial charge in [0.15, 0.2) is 5.11 Å². The number of anilines is 1. The number of rotatable bonds is 3. The molecule has 1 atom stereocenters. The van der Waals surface area contributed by atoms with E-state index < -0.39 is 7.29 Å². The van der Waals surface area contributed by atoms with Gasteiger partial charge in [0.05, 0.1) is 11.0 Å². The van der Waals surface area contributed by atoms with Crippen LogP contribution in [-0.4, -0.2) is 22.5 Å². The van der Waals surface area contributed by atoms with Crippen molar-refractivity contribution < 1.29 is 9.30 Å². The number of thiocarbonyl (C=S) groups is 1. The molecule has 0 saturated heterocycles. The van der Waals surface area contributed by atoms with Gasteiger partial charge in [-0.05, 0) is 56.4 Å². The Bertz CT molecular complexity index is 792. The van der Waals surface area contributed by atoms with Crippen LogP contribution >= 0.6 is 19.5 Å². The molecule has 1 aliphatic heterocycles. The Labute approximate surface area is 141 Å². The number of nitrogens with zero attached hydrogens (tertiary/aromatic N) is 1. The first kappa shape index (κ1) is 16.0. The van der Waals surface area contributed by atoms with Crippen molar-refractivity contribution in [2.75, 3.05) is 12.0 Å². The van der Waals surface area contributed by atoms with Crippen LogP contribution < -0.4 is 15.4 Å². The largest absolute Gasteiger partial charge is 0.457 e. The Hall–Kier alpha value is -1.84. The highest BCUT2D eigenvalue weighted by Gasteiger charge is 2.38. The zero-order chi connectivity index (χ0) is 16.6. The van der Waals surface area contributed by atoms with E-state index in [9.17, 15) is 4.57 Å². The lowest BCUT2D eigenvalue weighted by Crippen LogP contribution is -2.44. The molecule has 2 aromatic carbocycles. The molecule has 0 aliphatic carbocycles. The molecule has 0 saturated carbocycles. The van der Waals surface area contributed by atoms with Crippen molar-refractivity contribution in [3.63, 3.8) is 0 Å². The van der Waals surface area contributed by atoms with Crippen molar-refractivity contribution in [2.45, 2.75) is 19.9 Å². The molecule has 6 heteroatoms. The monoisotopic (exact) mass is 346 g/mol. The van der Waals surface area contributed by atoms with E-state index in [4.69, 9.17) is 17.0 Å². The van der Waals surface area contributed by atoms with Crippen LogP contribution in [0.25, 0.3) is 0 Å². The van der Waals surface area contributed by atoms with Gasteiger partial charge in [-0.15, -0.1) is 0 Å². The van der Waals surface area contributed by atoms with Gasteiger partial charge in [0, 0.05) is 12.7 Å². The van der Waals surface area contributed by atoms with E-state index in [1.54, 1.807) is 11.3 Å². The van der Waals surface area contributed by atoms with Crippen LogP contribution in [-0.2, 0) is 4.57 Å². The highest BCUT2D eigenvalue weighted by Crippen LogP contribution is 2.51. The van der Waals surface area contributed by atoms with Gasteiger partial charge in [-0.3, -0.25) is 9.24 Å². The van der Waals surface area contributed by atoms with Crippen LogP contribution in [0.1, 0.15) is 13.8 Å². The number of para-hydroxylation sites is 1. The lowest BCUT2D eigenvalue weighted by atomic mass is 10.3. The SMILES string of the molecule is CC(C)N1C(=S)Nc2ccc(Oc3ccccc3)cc2P1(C)=O. The number of ether oxygens (including phenoxy) is 1. The van der Waals surface area contributed by atoms with Gasteiger partial charge in [0.1, 0.15) is 11.5 Å². The zero-order valence-corrected chi connectivity index (χ0v) is 15.0. The molecule has 4 nitrogen and oxygen atoms in total. The molecule has 0 amide bonds. The third-order valence-corrected chi connectivity index (χ3v) is 6.93. The molecular formula is C17H19N2O2PS. The number of fused-ring (bicyclic) bond motifs is 1. The van der Waals surface area contributed by atoms with E-state index in [-0.39, 0.29) is 6.04 Å². The molecule has 23 heavy (non-hydrogen) atoms. The minimum atomic E-state index is -2.78. The summed E-state index contributed by atoms with van der Waals surface area (Å²) in [6, 6.07) is 15.2. The maximum atomic E-state index is 13.4. The van der Waals surface area contributed by atoms with E-state index in [2.05, 4.69) is 5.32 Å². The highest BCUT2D eigenvalue weighted by atomic mass is 32.1. The van der Waals surface area contributed by atoms with E-state index >= 15 is 0 Å². The summed E-state index contributed by atoms with van der Waals surface area (Å²) >= 11 is 5.38. The second-order valence-corrected chi connectivity index (χ2v) is 8.90. The summed E-state index contributed by atoms with van der Waals surface area (Å²) in [5.41, 5.74) is 0.790. The minimum Gasteiger partial charge on any atom is -0.457 e. The Balaban J connectivity index is 2.01. The first-order valence-electron chi connectivity index (χ1n) is 7.45. The molecule has 0 bridgehead atoms. The molecule has 0 radical (unpaired) electrons. The lowest BCUT2D eigenvalue weighted by Gasteiger charge is -2.40. The van der Waals surface area contributed by atoms with Crippen molar-refractivity contribution in [2.24, 2.45) is 0 Å². The molecular weight excluding hydrogens is 327 g/mol. The van der Waals surface area contributed by atoms with E-state index in [0.717, 1.165) is 16.7 Å². The minimum absolute atomic E-state index is 0.0534. The second kappa shape index (κ2) is 5.99. The zero-order valence-electron chi connectivity index (χ0n) is 13.3. The fourth-order valence-electron chi connectivity index (χ4n) is 2.79. The van der Waals surface area contributed by atoms with Crippen molar-refractivity contribution >= 4 is 35.6 Å². The quantitative estimate of drug-likeness (QED) is 0.658. The van der Waals surface area contributed by atoms with Gasteiger partial charge in [-0.2, -0.15) is 0 Å². The van der Waals surface area contributed by atoms with E-state index in [1.165, 1.54) is 0 Å². The highest BCUT2D eigenvalue weighted by molar-refractivity contribution is 7.82. The fourth-order valence-corrected chi connectivity index (χ4v) is 6.03.